The number of rotatable bonds is 4. The van der Waals surface area contributed by atoms with Crippen LogP contribution in [0.4, 0.5) is 0 Å². The van der Waals surface area contributed by atoms with Crippen LogP contribution in [0.15, 0.2) is 12.1 Å². The third-order valence-electron chi connectivity index (χ3n) is 2.68. The lowest BCUT2D eigenvalue weighted by atomic mass is 10.0. The molecule has 1 unspecified atom stereocenters. The van der Waals surface area contributed by atoms with Crippen molar-refractivity contribution in [2.75, 3.05) is 21.2 Å². The number of nitrogens with zero attached hydrogens (tertiary/aromatic N) is 1. The molecule has 4 nitrogen and oxygen atoms in total. The van der Waals surface area contributed by atoms with Crippen LogP contribution < -0.4 is 16.0 Å². The van der Waals surface area contributed by atoms with Gasteiger partial charge in [0.05, 0.1) is 13.3 Å². The minimum Gasteiger partial charge on any atom is -0.496 e. The van der Waals surface area contributed by atoms with Crippen molar-refractivity contribution in [1.29, 1.82) is 0 Å². The number of hydrogen-bond donors (Lipinski definition) is 2. The smallest absolute Gasteiger partial charge is 0.124 e. The molecule has 0 fully saturated rings. The summed E-state index contributed by atoms with van der Waals surface area (Å²) in [6, 6.07) is 4.19. The van der Waals surface area contributed by atoms with Crippen LogP contribution in [-0.2, 0) is 0 Å². The summed E-state index contributed by atoms with van der Waals surface area (Å²) in [7, 11) is 5.67. The molecule has 0 amide bonds. The lowest BCUT2D eigenvalue weighted by molar-refractivity contribution is 0.252. The second-order valence-electron chi connectivity index (χ2n) is 4.22. The predicted molar refractivity (Wildman–Crippen MR) is 66.2 cm³/mol. The highest BCUT2D eigenvalue weighted by atomic mass is 16.5. The monoisotopic (exact) mass is 223 g/mol. The fraction of sp³-hybridized carbons (Fsp3) is 0.500. The maximum atomic E-state index is 5.55. The van der Waals surface area contributed by atoms with Crippen LogP contribution in [-0.4, -0.2) is 26.1 Å². The van der Waals surface area contributed by atoms with E-state index in [-0.39, 0.29) is 6.17 Å². The minimum atomic E-state index is 0.0170. The molecule has 0 bridgehead atoms. The first-order valence-electron chi connectivity index (χ1n) is 5.29. The number of ether oxygens (including phenoxy) is 1. The van der Waals surface area contributed by atoms with E-state index in [1.807, 2.05) is 32.8 Å². The van der Waals surface area contributed by atoms with Crippen LogP contribution in [0.25, 0.3) is 0 Å². The Bertz CT molecular complexity index is 340. The summed E-state index contributed by atoms with van der Waals surface area (Å²) in [5, 5.41) is 0. The van der Waals surface area contributed by atoms with Crippen molar-refractivity contribution < 1.29 is 4.74 Å². The summed E-state index contributed by atoms with van der Waals surface area (Å²) < 4.78 is 5.34. The molecular weight excluding hydrogens is 202 g/mol. The molecule has 1 aromatic carbocycles. The molecule has 3 N–H and O–H groups in total. The van der Waals surface area contributed by atoms with Crippen LogP contribution >= 0.6 is 0 Å². The Balaban J connectivity index is 3.16. The van der Waals surface area contributed by atoms with E-state index in [4.69, 9.17) is 10.6 Å². The van der Waals surface area contributed by atoms with Gasteiger partial charge in [0.15, 0.2) is 0 Å². The van der Waals surface area contributed by atoms with E-state index in [2.05, 4.69) is 17.6 Å². The number of hydrogen-bond acceptors (Lipinski definition) is 4. The molecule has 1 aromatic rings. The zero-order valence-corrected chi connectivity index (χ0v) is 10.7. The standard InChI is InChI=1S/C12H21N3O/c1-8-6-10(12(14-13)15(3)4)7-9(2)11(8)16-5/h6-7,12,14H,13H2,1-5H3. The van der Waals surface area contributed by atoms with Crippen molar-refractivity contribution in [3.05, 3.63) is 28.8 Å². The first-order chi connectivity index (χ1) is 7.51. The van der Waals surface area contributed by atoms with E-state index in [0.717, 1.165) is 22.4 Å². The molecule has 0 aliphatic heterocycles. The fourth-order valence-electron chi connectivity index (χ4n) is 2.01. The number of nitrogens with one attached hydrogen (secondary N) is 1. The van der Waals surface area contributed by atoms with E-state index in [0.29, 0.717) is 0 Å². The summed E-state index contributed by atoms with van der Waals surface area (Å²) in [6.07, 6.45) is 0.0170. The van der Waals surface area contributed by atoms with E-state index in [1.165, 1.54) is 0 Å². The molecule has 0 spiro atoms. The highest BCUT2D eigenvalue weighted by Crippen LogP contribution is 2.27. The van der Waals surface area contributed by atoms with Crippen LogP contribution in [0.1, 0.15) is 22.9 Å². The van der Waals surface area contributed by atoms with Gasteiger partial charge in [-0.2, -0.15) is 0 Å². The summed E-state index contributed by atoms with van der Waals surface area (Å²) in [4.78, 5) is 2.03. The molecule has 0 aromatic heterocycles. The Morgan fingerprint density at radius 2 is 1.75 bits per heavy atom. The topological polar surface area (TPSA) is 50.5 Å². The summed E-state index contributed by atoms with van der Waals surface area (Å²) in [5.41, 5.74) is 6.19. The highest BCUT2D eigenvalue weighted by molar-refractivity contribution is 5.44. The maximum absolute atomic E-state index is 5.55. The molecule has 0 radical (unpaired) electrons. The van der Waals surface area contributed by atoms with Gasteiger partial charge in [-0.05, 0) is 56.8 Å². The summed E-state index contributed by atoms with van der Waals surface area (Å²) >= 11 is 0. The van der Waals surface area contributed by atoms with Gasteiger partial charge in [0.2, 0.25) is 0 Å². The molecule has 0 heterocycles. The van der Waals surface area contributed by atoms with Crippen LogP contribution in [0.3, 0.4) is 0 Å². The molecule has 4 heteroatoms. The Hall–Kier alpha value is -1.10. The summed E-state index contributed by atoms with van der Waals surface area (Å²) in [6.45, 7) is 4.08. The molecule has 1 rings (SSSR count). The zero-order chi connectivity index (χ0) is 12.3. The van der Waals surface area contributed by atoms with Crippen LogP contribution in [0.5, 0.6) is 5.75 Å². The van der Waals surface area contributed by atoms with Crippen molar-refractivity contribution in [2.45, 2.75) is 20.0 Å². The minimum absolute atomic E-state index is 0.0170. The van der Waals surface area contributed by atoms with Crippen molar-refractivity contribution in [1.82, 2.24) is 10.3 Å². The normalized spacial score (nSPS) is 12.9. The third-order valence-corrected chi connectivity index (χ3v) is 2.68. The van der Waals surface area contributed by atoms with Gasteiger partial charge in [-0.25, -0.2) is 5.43 Å². The lowest BCUT2D eigenvalue weighted by Crippen LogP contribution is -2.37. The Morgan fingerprint density at radius 3 is 2.06 bits per heavy atom. The number of hydrazine groups is 1. The Morgan fingerprint density at radius 1 is 1.25 bits per heavy atom. The molecule has 16 heavy (non-hydrogen) atoms. The maximum Gasteiger partial charge on any atom is 0.124 e. The molecule has 0 aliphatic carbocycles. The van der Waals surface area contributed by atoms with E-state index in [9.17, 15) is 0 Å². The average molecular weight is 223 g/mol. The van der Waals surface area contributed by atoms with Gasteiger partial charge in [0.1, 0.15) is 5.75 Å². The second kappa shape index (κ2) is 5.30. The van der Waals surface area contributed by atoms with Gasteiger partial charge in [-0.15, -0.1) is 0 Å². The fourth-order valence-corrected chi connectivity index (χ4v) is 2.01. The molecule has 1 atom stereocenters. The van der Waals surface area contributed by atoms with Crippen molar-refractivity contribution >= 4 is 0 Å². The van der Waals surface area contributed by atoms with Gasteiger partial charge >= 0.3 is 0 Å². The zero-order valence-electron chi connectivity index (χ0n) is 10.7. The second-order valence-corrected chi connectivity index (χ2v) is 4.22. The lowest BCUT2D eigenvalue weighted by Gasteiger charge is -2.25. The number of methoxy groups -OCH3 is 1. The molecule has 90 valence electrons. The first-order valence-corrected chi connectivity index (χ1v) is 5.29. The number of benzene rings is 1. The molecule has 0 saturated carbocycles. The molecule has 0 aliphatic rings. The van der Waals surface area contributed by atoms with Gasteiger partial charge in [0.25, 0.3) is 0 Å². The molecular formula is C12H21N3O. The number of nitrogens with two attached hydrogens (primary N) is 1. The largest absolute Gasteiger partial charge is 0.496 e. The first kappa shape index (κ1) is 13.0. The van der Waals surface area contributed by atoms with Crippen molar-refractivity contribution in [2.24, 2.45) is 5.84 Å². The Labute approximate surface area is 97.4 Å². The average Bonchev–Trinajstić information content (AvgIpc) is 2.17. The quantitative estimate of drug-likeness (QED) is 0.459. The van der Waals surface area contributed by atoms with E-state index in [1.54, 1.807) is 7.11 Å². The predicted octanol–water partition coefficient (Wildman–Crippen LogP) is 1.34. The van der Waals surface area contributed by atoms with Gasteiger partial charge < -0.3 is 4.74 Å². The third kappa shape index (κ3) is 2.52. The molecule has 0 saturated heterocycles. The van der Waals surface area contributed by atoms with Crippen molar-refractivity contribution in [3.63, 3.8) is 0 Å². The van der Waals surface area contributed by atoms with E-state index < -0.39 is 0 Å². The van der Waals surface area contributed by atoms with Gasteiger partial charge in [0, 0.05) is 0 Å². The van der Waals surface area contributed by atoms with E-state index >= 15 is 0 Å². The highest BCUT2D eigenvalue weighted by Gasteiger charge is 2.14. The van der Waals surface area contributed by atoms with Crippen molar-refractivity contribution in [3.8, 4) is 5.75 Å². The number of aryl methyl sites for hydroxylation is 2. The van der Waals surface area contributed by atoms with Gasteiger partial charge in [-0.3, -0.25) is 10.7 Å². The van der Waals surface area contributed by atoms with Gasteiger partial charge in [-0.1, -0.05) is 0 Å². The van der Waals surface area contributed by atoms with Crippen LogP contribution in [0.2, 0.25) is 0 Å². The Kier molecular flexibility index (Phi) is 4.29. The SMILES string of the molecule is COc1c(C)cc(C(NN)N(C)C)cc1C. The van der Waals surface area contributed by atoms with Crippen LogP contribution in [0, 0.1) is 13.8 Å². The summed E-state index contributed by atoms with van der Waals surface area (Å²) in [5.74, 6) is 6.50.